The van der Waals surface area contributed by atoms with Crippen LogP contribution in [0.1, 0.15) is 44.7 Å². The van der Waals surface area contributed by atoms with Gasteiger partial charge in [0.2, 0.25) is 0 Å². The number of hydrogen-bond donors (Lipinski definition) is 1. The topological polar surface area (TPSA) is 12.0 Å². The number of hydrogen-bond acceptors (Lipinski definition) is 1. The molecule has 2 unspecified atom stereocenters. The molecule has 1 saturated carbocycles. The summed E-state index contributed by atoms with van der Waals surface area (Å²) in [5.41, 5.74) is 1.66. The highest BCUT2D eigenvalue weighted by molar-refractivity contribution is 6.31. The fourth-order valence-corrected chi connectivity index (χ4v) is 3.53. The molecule has 0 heterocycles. The van der Waals surface area contributed by atoms with Gasteiger partial charge in [-0.3, -0.25) is 0 Å². The second-order valence-electron chi connectivity index (χ2n) is 5.78. The Morgan fingerprint density at radius 1 is 1.35 bits per heavy atom. The van der Waals surface area contributed by atoms with Crippen LogP contribution in [0.15, 0.2) is 24.3 Å². The van der Waals surface area contributed by atoms with E-state index in [4.69, 9.17) is 11.6 Å². The van der Waals surface area contributed by atoms with E-state index in [-0.39, 0.29) is 0 Å². The van der Waals surface area contributed by atoms with Crippen molar-refractivity contribution in [2.45, 2.75) is 39.2 Å². The van der Waals surface area contributed by atoms with Crippen LogP contribution in [0, 0.1) is 11.3 Å². The standard InChI is InChI=1S/C15H22ClN/c1-15(2)10-6-8-12(15)14(17-3)11-7-4-5-9-13(11)16/h4-5,7,9,12,14,17H,6,8,10H2,1-3H3. The Morgan fingerprint density at radius 2 is 2.06 bits per heavy atom. The number of benzene rings is 1. The third kappa shape index (κ3) is 2.51. The van der Waals surface area contributed by atoms with Crippen LogP contribution in [-0.4, -0.2) is 7.05 Å². The van der Waals surface area contributed by atoms with E-state index in [2.05, 4.69) is 31.3 Å². The maximum absolute atomic E-state index is 6.33. The first-order valence-electron chi connectivity index (χ1n) is 6.48. The zero-order valence-electron chi connectivity index (χ0n) is 11.0. The number of rotatable bonds is 3. The van der Waals surface area contributed by atoms with Gasteiger partial charge < -0.3 is 5.32 Å². The zero-order chi connectivity index (χ0) is 12.5. The van der Waals surface area contributed by atoms with Crippen molar-refractivity contribution in [1.29, 1.82) is 0 Å². The van der Waals surface area contributed by atoms with Crippen molar-refractivity contribution in [3.8, 4) is 0 Å². The molecular formula is C15H22ClN. The minimum Gasteiger partial charge on any atom is -0.313 e. The summed E-state index contributed by atoms with van der Waals surface area (Å²) >= 11 is 6.33. The van der Waals surface area contributed by atoms with Gasteiger partial charge in [-0.15, -0.1) is 0 Å². The van der Waals surface area contributed by atoms with E-state index < -0.39 is 0 Å². The fourth-order valence-electron chi connectivity index (χ4n) is 3.27. The molecular weight excluding hydrogens is 230 g/mol. The first-order chi connectivity index (χ1) is 8.06. The molecule has 0 spiro atoms. The molecule has 1 fully saturated rings. The lowest BCUT2D eigenvalue weighted by atomic mass is 9.75. The predicted octanol–water partition coefficient (Wildman–Crippen LogP) is 4.43. The lowest BCUT2D eigenvalue weighted by Gasteiger charge is -2.34. The first-order valence-corrected chi connectivity index (χ1v) is 6.86. The molecule has 1 aliphatic rings. The summed E-state index contributed by atoms with van der Waals surface area (Å²) in [6, 6.07) is 8.59. The molecule has 2 rings (SSSR count). The third-order valence-corrected chi connectivity index (χ3v) is 4.64. The Labute approximate surface area is 110 Å². The summed E-state index contributed by atoms with van der Waals surface area (Å²) in [5.74, 6) is 0.674. The van der Waals surface area contributed by atoms with Gasteiger partial charge in [-0.2, -0.15) is 0 Å². The quantitative estimate of drug-likeness (QED) is 0.838. The van der Waals surface area contributed by atoms with Crippen LogP contribution < -0.4 is 5.32 Å². The van der Waals surface area contributed by atoms with Crippen LogP contribution >= 0.6 is 11.6 Å². The Hall–Kier alpha value is -0.530. The van der Waals surface area contributed by atoms with Crippen molar-refractivity contribution >= 4 is 11.6 Å². The molecule has 1 aliphatic carbocycles. The van der Waals surface area contributed by atoms with Crippen molar-refractivity contribution in [2.75, 3.05) is 7.05 Å². The molecule has 0 bridgehead atoms. The monoisotopic (exact) mass is 251 g/mol. The highest BCUT2D eigenvalue weighted by Crippen LogP contribution is 2.49. The van der Waals surface area contributed by atoms with E-state index in [9.17, 15) is 0 Å². The van der Waals surface area contributed by atoms with Crippen molar-refractivity contribution in [3.63, 3.8) is 0 Å². The van der Waals surface area contributed by atoms with Crippen LogP contribution in [0.5, 0.6) is 0 Å². The molecule has 0 aromatic heterocycles. The maximum atomic E-state index is 6.33. The van der Waals surface area contributed by atoms with E-state index in [1.165, 1.54) is 24.8 Å². The normalized spacial score (nSPS) is 24.8. The Morgan fingerprint density at radius 3 is 2.59 bits per heavy atom. The van der Waals surface area contributed by atoms with Crippen molar-refractivity contribution in [1.82, 2.24) is 5.32 Å². The summed E-state index contributed by atoms with van der Waals surface area (Å²) in [6.07, 6.45) is 3.95. The Kier molecular flexibility index (Phi) is 3.79. The second kappa shape index (κ2) is 4.99. The minimum absolute atomic E-state index is 0.376. The van der Waals surface area contributed by atoms with Crippen LogP contribution in [0.25, 0.3) is 0 Å². The van der Waals surface area contributed by atoms with Gasteiger partial charge >= 0.3 is 0 Å². The smallest absolute Gasteiger partial charge is 0.0453 e. The molecule has 0 amide bonds. The minimum atomic E-state index is 0.376. The molecule has 2 atom stereocenters. The summed E-state index contributed by atoms with van der Waals surface area (Å²) in [7, 11) is 2.04. The van der Waals surface area contributed by atoms with Gasteiger partial charge in [-0.25, -0.2) is 0 Å². The average molecular weight is 252 g/mol. The molecule has 2 heteroatoms. The molecule has 94 valence electrons. The van der Waals surface area contributed by atoms with Gasteiger partial charge in [0.05, 0.1) is 0 Å². The van der Waals surface area contributed by atoms with Gasteiger partial charge in [0.15, 0.2) is 0 Å². The Bertz CT molecular complexity index is 386. The van der Waals surface area contributed by atoms with Gasteiger partial charge in [-0.1, -0.05) is 50.1 Å². The summed E-state index contributed by atoms with van der Waals surface area (Å²) < 4.78 is 0. The van der Waals surface area contributed by atoms with E-state index in [0.29, 0.717) is 17.4 Å². The van der Waals surface area contributed by atoms with Gasteiger partial charge in [0.25, 0.3) is 0 Å². The van der Waals surface area contributed by atoms with Crippen LogP contribution in [0.3, 0.4) is 0 Å². The largest absolute Gasteiger partial charge is 0.313 e. The van der Waals surface area contributed by atoms with Crippen molar-refractivity contribution in [3.05, 3.63) is 34.9 Å². The molecule has 1 aromatic rings. The Balaban J connectivity index is 2.31. The second-order valence-corrected chi connectivity index (χ2v) is 6.18. The van der Waals surface area contributed by atoms with E-state index in [1.54, 1.807) is 0 Å². The third-order valence-electron chi connectivity index (χ3n) is 4.29. The lowest BCUT2D eigenvalue weighted by molar-refractivity contribution is 0.204. The zero-order valence-corrected chi connectivity index (χ0v) is 11.7. The van der Waals surface area contributed by atoms with Crippen molar-refractivity contribution in [2.24, 2.45) is 11.3 Å². The molecule has 1 aromatic carbocycles. The highest BCUT2D eigenvalue weighted by Gasteiger charge is 2.39. The highest BCUT2D eigenvalue weighted by atomic mass is 35.5. The van der Waals surface area contributed by atoms with E-state index >= 15 is 0 Å². The van der Waals surface area contributed by atoms with Crippen LogP contribution in [-0.2, 0) is 0 Å². The number of nitrogens with one attached hydrogen (secondary N) is 1. The lowest BCUT2D eigenvalue weighted by Crippen LogP contribution is -2.32. The van der Waals surface area contributed by atoms with E-state index in [1.807, 2.05) is 19.2 Å². The summed E-state index contributed by atoms with van der Waals surface area (Å²) in [4.78, 5) is 0. The number of halogens is 1. The molecule has 0 aliphatic heterocycles. The predicted molar refractivity (Wildman–Crippen MR) is 74.4 cm³/mol. The molecule has 1 N–H and O–H groups in total. The molecule has 1 nitrogen and oxygen atoms in total. The first kappa shape index (κ1) is 12.9. The van der Waals surface area contributed by atoms with Gasteiger partial charge in [0.1, 0.15) is 0 Å². The van der Waals surface area contributed by atoms with Crippen LogP contribution in [0.2, 0.25) is 5.02 Å². The van der Waals surface area contributed by atoms with E-state index in [0.717, 1.165) is 5.02 Å². The fraction of sp³-hybridized carbons (Fsp3) is 0.600. The SMILES string of the molecule is CNC(c1ccccc1Cl)C1CCCC1(C)C. The maximum Gasteiger partial charge on any atom is 0.0453 e. The molecule has 0 radical (unpaired) electrons. The van der Waals surface area contributed by atoms with Crippen molar-refractivity contribution < 1.29 is 0 Å². The molecule has 0 saturated heterocycles. The molecule has 17 heavy (non-hydrogen) atoms. The van der Waals surface area contributed by atoms with Crippen LogP contribution in [0.4, 0.5) is 0 Å². The van der Waals surface area contributed by atoms with Gasteiger partial charge in [-0.05, 0) is 42.9 Å². The van der Waals surface area contributed by atoms with Gasteiger partial charge in [0, 0.05) is 11.1 Å². The summed E-state index contributed by atoms with van der Waals surface area (Å²) in [6.45, 7) is 4.76. The summed E-state index contributed by atoms with van der Waals surface area (Å²) in [5, 5.41) is 4.36. The average Bonchev–Trinajstić information content (AvgIpc) is 2.63.